The van der Waals surface area contributed by atoms with Crippen LogP contribution in [0.2, 0.25) is 5.02 Å². The van der Waals surface area contributed by atoms with E-state index in [-0.39, 0.29) is 40.9 Å². The molecule has 1 saturated heterocycles. The van der Waals surface area contributed by atoms with Crippen LogP contribution in [-0.4, -0.2) is 16.8 Å². The summed E-state index contributed by atoms with van der Waals surface area (Å²) in [6.45, 7) is 0. The molecule has 3 fully saturated rings. The molecule has 0 unspecified atom stereocenters. The van der Waals surface area contributed by atoms with Gasteiger partial charge >= 0.3 is 0 Å². The molecule has 2 bridgehead atoms. The van der Waals surface area contributed by atoms with Crippen molar-refractivity contribution in [3.05, 3.63) is 35.5 Å². The van der Waals surface area contributed by atoms with Crippen LogP contribution in [0.5, 0.6) is 0 Å². The maximum atomic E-state index is 12.8. The highest BCUT2D eigenvalue weighted by molar-refractivity contribution is 6.31. The Morgan fingerprint density at radius 2 is 1.76 bits per heavy atom. The molecule has 2 saturated carbocycles. The lowest BCUT2D eigenvalue weighted by Gasteiger charge is -2.21. The Bertz CT molecular complexity index is 691. The Kier molecular flexibility index (Phi) is 2.02. The van der Waals surface area contributed by atoms with Gasteiger partial charge in [-0.05, 0) is 36.2 Å². The minimum absolute atomic E-state index is 0.0945. The molecule has 4 nitrogen and oxygen atoms in total. The highest BCUT2D eigenvalue weighted by atomic mass is 35.5. The monoisotopic (exact) mass is 300 g/mol. The largest absolute Gasteiger partial charge is 0.274 e. The van der Waals surface area contributed by atoms with Crippen molar-refractivity contribution in [2.24, 2.45) is 29.1 Å². The zero-order valence-electron chi connectivity index (χ0n) is 11.2. The van der Waals surface area contributed by atoms with Crippen LogP contribution >= 0.6 is 11.6 Å². The predicted octanol–water partition coefficient (Wildman–Crippen LogP) is 2.44. The molecule has 1 aliphatic heterocycles. The molecular formula is C16H13ClN2O2. The first-order chi connectivity index (χ1) is 10.1. The summed E-state index contributed by atoms with van der Waals surface area (Å²) in [5.41, 5.74) is 0.231. The smallest absolute Gasteiger partial charge is 0.239 e. The number of anilines is 1. The average Bonchev–Trinajstić information content (AvgIpc) is 3.05. The Labute approximate surface area is 126 Å². The van der Waals surface area contributed by atoms with Gasteiger partial charge in [0.15, 0.2) is 0 Å². The van der Waals surface area contributed by atoms with E-state index in [0.29, 0.717) is 10.8 Å². The van der Waals surface area contributed by atoms with Gasteiger partial charge < -0.3 is 0 Å². The number of hydrogen-bond acceptors (Lipinski definition) is 3. The van der Waals surface area contributed by atoms with E-state index in [2.05, 4.69) is 17.1 Å². The van der Waals surface area contributed by atoms with E-state index >= 15 is 0 Å². The topological polar surface area (TPSA) is 50.3 Å². The van der Waals surface area contributed by atoms with Gasteiger partial charge in [0.25, 0.3) is 0 Å². The summed E-state index contributed by atoms with van der Waals surface area (Å²) in [6.07, 6.45) is 8.16. The fourth-order valence-corrected chi connectivity index (χ4v) is 4.97. The van der Waals surface area contributed by atoms with Crippen LogP contribution in [-0.2, 0) is 9.59 Å². The molecular weight excluding hydrogens is 288 g/mol. The summed E-state index contributed by atoms with van der Waals surface area (Å²) in [5.74, 6) is 0.287. The van der Waals surface area contributed by atoms with Gasteiger partial charge in [0, 0.05) is 17.3 Å². The molecule has 5 rings (SSSR count). The second-order valence-electron chi connectivity index (χ2n) is 6.57. The lowest BCUT2D eigenvalue weighted by Crippen LogP contribution is -2.35. The van der Waals surface area contributed by atoms with Crippen molar-refractivity contribution in [1.29, 1.82) is 0 Å². The number of carbonyl (C=O) groups is 2. The van der Waals surface area contributed by atoms with Crippen LogP contribution in [0.1, 0.15) is 12.8 Å². The zero-order valence-corrected chi connectivity index (χ0v) is 12.0. The maximum Gasteiger partial charge on any atom is 0.239 e. The number of rotatable bonds is 1. The van der Waals surface area contributed by atoms with E-state index in [1.165, 1.54) is 11.1 Å². The van der Waals surface area contributed by atoms with E-state index < -0.39 is 0 Å². The minimum atomic E-state index is -0.184. The van der Waals surface area contributed by atoms with Gasteiger partial charge in [0.2, 0.25) is 11.8 Å². The number of allylic oxidation sites excluding steroid dienone is 2. The molecule has 5 heteroatoms. The van der Waals surface area contributed by atoms with E-state index in [4.69, 9.17) is 11.6 Å². The standard InChI is InChI=1S/C16H13ClN2O2/c17-8-3-6-18-11(7-8)19-14(20)12-9-1-2-10(13(12)15(19)21)16(9)4-5-16/h1-3,6-7,9-10,12-13H,4-5H2/t9-,10-,12+,13+/m1/s1. The molecule has 2 amide bonds. The van der Waals surface area contributed by atoms with Crippen molar-refractivity contribution in [3.8, 4) is 0 Å². The molecule has 0 aromatic carbocycles. The molecule has 1 spiro atoms. The van der Waals surface area contributed by atoms with Gasteiger partial charge in [-0.25, -0.2) is 9.88 Å². The van der Waals surface area contributed by atoms with Crippen LogP contribution in [0.3, 0.4) is 0 Å². The van der Waals surface area contributed by atoms with Crippen LogP contribution in [0.25, 0.3) is 0 Å². The van der Waals surface area contributed by atoms with Crippen molar-refractivity contribution in [2.45, 2.75) is 12.8 Å². The maximum absolute atomic E-state index is 12.8. The third kappa shape index (κ3) is 1.26. The summed E-state index contributed by atoms with van der Waals surface area (Å²) < 4.78 is 0. The average molecular weight is 301 g/mol. The molecule has 3 aliphatic carbocycles. The summed E-state index contributed by atoms with van der Waals surface area (Å²) in [7, 11) is 0. The van der Waals surface area contributed by atoms with Crippen molar-refractivity contribution < 1.29 is 9.59 Å². The number of halogens is 1. The van der Waals surface area contributed by atoms with E-state index in [9.17, 15) is 9.59 Å². The fourth-order valence-electron chi connectivity index (χ4n) is 4.82. The van der Waals surface area contributed by atoms with Crippen LogP contribution < -0.4 is 4.90 Å². The Hall–Kier alpha value is -1.68. The Balaban J connectivity index is 1.59. The summed E-state index contributed by atoms with van der Waals surface area (Å²) in [5, 5.41) is 0.484. The SMILES string of the molecule is O=C1[C@@H]2[C@@H](C(=O)N1c1cc(Cl)ccn1)[C@H]1C=C[C@H]2C12CC2. The normalized spacial score (nSPS) is 37.7. The van der Waals surface area contributed by atoms with Gasteiger partial charge in [-0.1, -0.05) is 23.8 Å². The minimum Gasteiger partial charge on any atom is -0.274 e. The molecule has 21 heavy (non-hydrogen) atoms. The second-order valence-corrected chi connectivity index (χ2v) is 7.00. The molecule has 2 heterocycles. The molecule has 4 aliphatic rings. The third-order valence-corrected chi connectivity index (χ3v) is 6.02. The predicted molar refractivity (Wildman–Crippen MR) is 76.5 cm³/mol. The second kappa shape index (κ2) is 3.55. The summed E-state index contributed by atoms with van der Waals surface area (Å²) in [4.78, 5) is 31.0. The highest BCUT2D eigenvalue weighted by Gasteiger charge is 2.73. The van der Waals surface area contributed by atoms with Crippen molar-refractivity contribution in [1.82, 2.24) is 4.98 Å². The number of imide groups is 1. The van der Waals surface area contributed by atoms with Crippen molar-refractivity contribution in [2.75, 3.05) is 4.90 Å². The van der Waals surface area contributed by atoms with Gasteiger partial charge in [0.1, 0.15) is 5.82 Å². The van der Waals surface area contributed by atoms with Gasteiger partial charge in [0.05, 0.1) is 11.8 Å². The molecule has 1 aromatic heterocycles. The number of nitrogens with zero attached hydrogens (tertiary/aromatic N) is 2. The molecule has 1 aromatic rings. The first-order valence-corrected chi connectivity index (χ1v) is 7.69. The van der Waals surface area contributed by atoms with Crippen LogP contribution in [0, 0.1) is 29.1 Å². The molecule has 0 radical (unpaired) electrons. The first kappa shape index (κ1) is 11.9. The number of carbonyl (C=O) groups excluding carboxylic acids is 2. The Morgan fingerprint density at radius 1 is 1.14 bits per heavy atom. The number of fused-ring (bicyclic) bond motifs is 3. The third-order valence-electron chi connectivity index (χ3n) is 5.79. The number of aromatic nitrogens is 1. The van der Waals surface area contributed by atoms with Crippen LogP contribution in [0.15, 0.2) is 30.5 Å². The number of amides is 2. The highest BCUT2D eigenvalue weighted by Crippen LogP contribution is 2.73. The van der Waals surface area contributed by atoms with Crippen molar-refractivity contribution in [3.63, 3.8) is 0 Å². The van der Waals surface area contributed by atoms with Crippen molar-refractivity contribution >= 4 is 29.2 Å². The summed E-state index contributed by atoms with van der Waals surface area (Å²) in [6, 6.07) is 3.22. The lowest BCUT2D eigenvalue weighted by molar-refractivity contribution is -0.123. The summed E-state index contributed by atoms with van der Waals surface area (Å²) >= 11 is 5.96. The van der Waals surface area contributed by atoms with Gasteiger partial charge in [-0.2, -0.15) is 0 Å². The first-order valence-electron chi connectivity index (χ1n) is 7.31. The molecule has 4 atom stereocenters. The molecule has 106 valence electrons. The number of hydrogen-bond donors (Lipinski definition) is 0. The van der Waals surface area contributed by atoms with E-state index in [1.807, 2.05) is 0 Å². The lowest BCUT2D eigenvalue weighted by atomic mass is 9.85. The number of pyridine rings is 1. The zero-order chi connectivity index (χ0) is 14.4. The quantitative estimate of drug-likeness (QED) is 0.591. The van der Waals surface area contributed by atoms with E-state index in [0.717, 1.165) is 12.8 Å². The molecule has 0 N–H and O–H groups in total. The van der Waals surface area contributed by atoms with Gasteiger partial charge in [-0.15, -0.1) is 0 Å². The fraction of sp³-hybridized carbons (Fsp3) is 0.438. The van der Waals surface area contributed by atoms with E-state index in [1.54, 1.807) is 12.1 Å². The Morgan fingerprint density at radius 3 is 2.29 bits per heavy atom. The van der Waals surface area contributed by atoms with Crippen LogP contribution in [0.4, 0.5) is 5.82 Å². The van der Waals surface area contributed by atoms with Gasteiger partial charge in [-0.3, -0.25) is 9.59 Å².